The van der Waals surface area contributed by atoms with Gasteiger partial charge in [-0.3, -0.25) is 4.79 Å². The Labute approximate surface area is 99.9 Å². The summed E-state index contributed by atoms with van der Waals surface area (Å²) in [6.45, 7) is 6.25. The van der Waals surface area contributed by atoms with Crippen LogP contribution in [0.1, 0.15) is 18.1 Å². The zero-order valence-corrected chi connectivity index (χ0v) is 10.3. The van der Waals surface area contributed by atoms with Gasteiger partial charge in [0, 0.05) is 6.54 Å². The molecule has 17 heavy (non-hydrogen) atoms. The van der Waals surface area contributed by atoms with Crippen LogP contribution in [-0.2, 0) is 11.3 Å². The van der Waals surface area contributed by atoms with Gasteiger partial charge >= 0.3 is 5.97 Å². The van der Waals surface area contributed by atoms with Crippen molar-refractivity contribution in [2.45, 2.75) is 27.3 Å². The van der Waals surface area contributed by atoms with Crippen LogP contribution in [0.25, 0.3) is 11.0 Å². The predicted molar refractivity (Wildman–Crippen MR) is 66.0 cm³/mol. The summed E-state index contributed by atoms with van der Waals surface area (Å²) >= 11 is 0. The lowest BCUT2D eigenvalue weighted by Crippen LogP contribution is -2.16. The van der Waals surface area contributed by atoms with Gasteiger partial charge in [0.05, 0.1) is 23.3 Å². The van der Waals surface area contributed by atoms with E-state index in [-0.39, 0.29) is 0 Å². The summed E-state index contributed by atoms with van der Waals surface area (Å²) in [7, 11) is 0. The highest BCUT2D eigenvalue weighted by atomic mass is 16.4. The molecule has 2 rings (SSSR count). The van der Waals surface area contributed by atoms with Gasteiger partial charge in [-0.05, 0) is 37.1 Å². The Morgan fingerprint density at radius 2 is 2.06 bits per heavy atom. The van der Waals surface area contributed by atoms with Crippen molar-refractivity contribution in [3.8, 4) is 0 Å². The Morgan fingerprint density at radius 1 is 1.41 bits per heavy atom. The second-order valence-electron chi connectivity index (χ2n) is 4.56. The molecule has 0 fully saturated rings. The first-order valence-electron chi connectivity index (χ1n) is 5.64. The maximum atomic E-state index is 10.8. The average molecular weight is 232 g/mol. The Hall–Kier alpha value is -1.84. The van der Waals surface area contributed by atoms with E-state index in [0.717, 1.165) is 11.0 Å². The Kier molecular flexibility index (Phi) is 2.88. The number of fused-ring (bicyclic) bond motifs is 1. The zero-order chi connectivity index (χ0) is 12.6. The fourth-order valence-electron chi connectivity index (χ4n) is 1.83. The molecule has 1 N–H and O–H groups in total. The van der Waals surface area contributed by atoms with Gasteiger partial charge in [0.15, 0.2) is 0 Å². The number of carboxylic acid groups (broad SMARTS) is 1. The van der Waals surface area contributed by atoms with E-state index in [1.807, 2.05) is 24.5 Å². The Morgan fingerprint density at radius 3 is 2.71 bits per heavy atom. The standard InChI is InChI=1S/C13H16N2O2/c1-8-4-11-12(5-9(8)2)15(7-14-11)6-10(3)13(16)17/h4-5,7,10H,6H2,1-3H3,(H,16,17). The van der Waals surface area contributed by atoms with E-state index in [9.17, 15) is 4.79 Å². The van der Waals surface area contributed by atoms with Gasteiger partial charge < -0.3 is 9.67 Å². The predicted octanol–water partition coefficient (Wildman–Crippen LogP) is 2.37. The van der Waals surface area contributed by atoms with E-state index in [0.29, 0.717) is 6.54 Å². The number of imidazole rings is 1. The molecule has 0 amide bonds. The van der Waals surface area contributed by atoms with Crippen LogP contribution >= 0.6 is 0 Å². The quantitative estimate of drug-likeness (QED) is 0.883. The molecule has 0 spiro atoms. The van der Waals surface area contributed by atoms with Crippen molar-refractivity contribution >= 4 is 17.0 Å². The van der Waals surface area contributed by atoms with Crippen LogP contribution in [0, 0.1) is 19.8 Å². The van der Waals surface area contributed by atoms with Crippen LogP contribution in [-0.4, -0.2) is 20.6 Å². The number of benzene rings is 1. The van der Waals surface area contributed by atoms with Gasteiger partial charge in [-0.1, -0.05) is 6.92 Å². The first-order chi connectivity index (χ1) is 7.99. The van der Waals surface area contributed by atoms with Crippen LogP contribution in [0.5, 0.6) is 0 Å². The Balaban J connectivity index is 2.42. The normalized spacial score (nSPS) is 12.9. The van der Waals surface area contributed by atoms with Crippen LogP contribution in [0.2, 0.25) is 0 Å². The third kappa shape index (κ3) is 2.16. The number of nitrogens with zero attached hydrogens (tertiary/aromatic N) is 2. The number of aryl methyl sites for hydroxylation is 2. The van der Waals surface area contributed by atoms with Crippen molar-refractivity contribution in [2.75, 3.05) is 0 Å². The molecule has 0 radical (unpaired) electrons. The van der Waals surface area contributed by atoms with Gasteiger partial charge in [-0.25, -0.2) is 4.98 Å². The highest BCUT2D eigenvalue weighted by Gasteiger charge is 2.13. The van der Waals surface area contributed by atoms with E-state index >= 15 is 0 Å². The molecule has 0 saturated carbocycles. The molecule has 0 bridgehead atoms. The summed E-state index contributed by atoms with van der Waals surface area (Å²) in [6, 6.07) is 4.10. The maximum absolute atomic E-state index is 10.8. The minimum Gasteiger partial charge on any atom is -0.481 e. The molecule has 1 heterocycles. The van der Waals surface area contributed by atoms with Crippen LogP contribution in [0.3, 0.4) is 0 Å². The molecule has 1 aromatic heterocycles. The minimum absolute atomic E-state index is 0.408. The van der Waals surface area contributed by atoms with Gasteiger partial charge in [0.25, 0.3) is 0 Å². The minimum atomic E-state index is -0.782. The third-order valence-corrected chi connectivity index (χ3v) is 3.13. The van der Waals surface area contributed by atoms with Crippen molar-refractivity contribution in [3.05, 3.63) is 29.6 Å². The van der Waals surface area contributed by atoms with Gasteiger partial charge in [0.2, 0.25) is 0 Å². The highest BCUT2D eigenvalue weighted by Crippen LogP contribution is 2.19. The van der Waals surface area contributed by atoms with Crippen molar-refractivity contribution in [1.82, 2.24) is 9.55 Å². The SMILES string of the molecule is Cc1cc2ncn(CC(C)C(=O)O)c2cc1C. The first kappa shape index (κ1) is 11.6. The molecular formula is C13H16N2O2. The van der Waals surface area contributed by atoms with Crippen molar-refractivity contribution in [2.24, 2.45) is 5.92 Å². The fourth-order valence-corrected chi connectivity index (χ4v) is 1.83. The third-order valence-electron chi connectivity index (χ3n) is 3.13. The van der Waals surface area contributed by atoms with E-state index in [1.165, 1.54) is 11.1 Å². The lowest BCUT2D eigenvalue weighted by atomic mass is 10.1. The molecule has 0 saturated heterocycles. The van der Waals surface area contributed by atoms with Gasteiger partial charge in [0.1, 0.15) is 0 Å². The van der Waals surface area contributed by atoms with Crippen LogP contribution < -0.4 is 0 Å². The van der Waals surface area contributed by atoms with Crippen LogP contribution in [0.4, 0.5) is 0 Å². The first-order valence-corrected chi connectivity index (χ1v) is 5.64. The summed E-state index contributed by atoms with van der Waals surface area (Å²) < 4.78 is 1.90. The second kappa shape index (κ2) is 4.20. The molecule has 4 nitrogen and oxygen atoms in total. The molecule has 2 aromatic rings. The molecule has 1 atom stereocenters. The summed E-state index contributed by atoms with van der Waals surface area (Å²) in [4.78, 5) is 15.2. The monoisotopic (exact) mass is 232 g/mol. The number of rotatable bonds is 3. The molecule has 0 aliphatic carbocycles. The molecule has 90 valence electrons. The number of carbonyl (C=O) groups is 1. The number of aliphatic carboxylic acids is 1. The highest BCUT2D eigenvalue weighted by molar-refractivity contribution is 5.77. The smallest absolute Gasteiger partial charge is 0.308 e. The summed E-state index contributed by atoms with van der Waals surface area (Å²) in [5, 5.41) is 8.92. The zero-order valence-electron chi connectivity index (χ0n) is 10.3. The van der Waals surface area contributed by atoms with Crippen molar-refractivity contribution in [3.63, 3.8) is 0 Å². The van der Waals surface area contributed by atoms with E-state index in [2.05, 4.69) is 11.1 Å². The van der Waals surface area contributed by atoms with Gasteiger partial charge in [-0.15, -0.1) is 0 Å². The number of aromatic nitrogens is 2. The van der Waals surface area contributed by atoms with Crippen molar-refractivity contribution in [1.29, 1.82) is 0 Å². The molecule has 4 heteroatoms. The maximum Gasteiger partial charge on any atom is 0.308 e. The molecule has 0 aliphatic heterocycles. The molecule has 1 unspecified atom stereocenters. The lowest BCUT2D eigenvalue weighted by Gasteiger charge is -2.09. The summed E-state index contributed by atoms with van der Waals surface area (Å²) in [6.07, 6.45) is 1.71. The molecule has 0 aliphatic rings. The van der Waals surface area contributed by atoms with Gasteiger partial charge in [-0.2, -0.15) is 0 Å². The second-order valence-corrected chi connectivity index (χ2v) is 4.56. The lowest BCUT2D eigenvalue weighted by molar-refractivity contribution is -0.141. The summed E-state index contributed by atoms with van der Waals surface area (Å²) in [5.41, 5.74) is 4.32. The number of carboxylic acids is 1. The summed E-state index contributed by atoms with van der Waals surface area (Å²) in [5.74, 6) is -1.19. The largest absolute Gasteiger partial charge is 0.481 e. The van der Waals surface area contributed by atoms with Crippen molar-refractivity contribution < 1.29 is 9.90 Å². The average Bonchev–Trinajstić information content (AvgIpc) is 2.62. The topological polar surface area (TPSA) is 55.1 Å². The molecule has 1 aromatic carbocycles. The number of hydrogen-bond donors (Lipinski definition) is 1. The molecular weight excluding hydrogens is 216 g/mol. The fraction of sp³-hybridized carbons (Fsp3) is 0.385. The van der Waals surface area contributed by atoms with Crippen LogP contribution in [0.15, 0.2) is 18.5 Å². The Bertz CT molecular complexity index is 572. The van der Waals surface area contributed by atoms with E-state index in [4.69, 9.17) is 5.11 Å². The number of hydrogen-bond acceptors (Lipinski definition) is 2. The van der Waals surface area contributed by atoms with E-state index in [1.54, 1.807) is 13.3 Å². The van der Waals surface area contributed by atoms with E-state index < -0.39 is 11.9 Å².